The number of nitrogens with one attached hydrogen (secondary N) is 1. The molecule has 4 rings (SSSR count). The van der Waals surface area contributed by atoms with E-state index >= 15 is 0 Å². The van der Waals surface area contributed by atoms with Crippen LogP contribution in [-0.2, 0) is 25.7 Å². The van der Waals surface area contributed by atoms with Gasteiger partial charge < -0.3 is 10.2 Å². The predicted octanol–water partition coefficient (Wildman–Crippen LogP) is 4.47. The van der Waals surface area contributed by atoms with Gasteiger partial charge in [-0.3, -0.25) is 24.0 Å². The molecule has 1 N–H and O–H groups in total. The molecular formula is C28H33BrN2O5S. The Morgan fingerprint density at radius 2 is 1.73 bits per heavy atom. The maximum Gasteiger partial charge on any atom is 0.181 e. The highest BCUT2D eigenvalue weighted by atomic mass is 79.9. The number of halogens is 1. The quantitative estimate of drug-likeness (QED) is 0.283. The van der Waals surface area contributed by atoms with E-state index in [-0.39, 0.29) is 54.2 Å². The minimum absolute atomic E-state index is 0.0227. The van der Waals surface area contributed by atoms with Crippen LogP contribution in [-0.4, -0.2) is 52.0 Å². The number of thiocarbonyl (C=S) groups is 1. The van der Waals surface area contributed by atoms with Crippen molar-refractivity contribution in [2.24, 2.45) is 11.8 Å². The fourth-order valence-electron chi connectivity index (χ4n) is 5.67. The summed E-state index contributed by atoms with van der Waals surface area (Å²) in [7, 11) is 0. The van der Waals surface area contributed by atoms with E-state index in [9.17, 15) is 24.0 Å². The van der Waals surface area contributed by atoms with Gasteiger partial charge in [0.25, 0.3) is 0 Å². The van der Waals surface area contributed by atoms with Crippen LogP contribution in [0.25, 0.3) is 0 Å². The minimum Gasteiger partial charge on any atom is -0.358 e. The van der Waals surface area contributed by atoms with Gasteiger partial charge in [0.05, 0.1) is 6.42 Å². The van der Waals surface area contributed by atoms with Crippen LogP contribution in [0.2, 0.25) is 0 Å². The van der Waals surface area contributed by atoms with Crippen molar-refractivity contribution in [1.82, 2.24) is 10.2 Å². The van der Waals surface area contributed by atoms with Crippen molar-refractivity contribution in [3.05, 3.63) is 33.3 Å². The SMILES string of the molecule is C[C@H](CC1CCC(=O)CC1=O)c1cc(Br)c(CNC(=S)N2CCCC2)cc1C(=O)C1C(=O)CCCC1=O. The third-order valence-electron chi connectivity index (χ3n) is 7.83. The first-order valence-corrected chi connectivity index (χ1v) is 14.3. The van der Waals surface area contributed by atoms with E-state index in [0.29, 0.717) is 48.5 Å². The molecule has 3 fully saturated rings. The molecule has 0 amide bonds. The number of hydrogen-bond acceptors (Lipinski definition) is 6. The van der Waals surface area contributed by atoms with Crippen LogP contribution in [0.5, 0.6) is 0 Å². The van der Waals surface area contributed by atoms with Gasteiger partial charge in [-0.05, 0) is 73.5 Å². The first kappa shape index (κ1) is 27.8. The first-order chi connectivity index (χ1) is 17.7. The second kappa shape index (κ2) is 12.1. The Labute approximate surface area is 231 Å². The third kappa shape index (κ3) is 6.42. The summed E-state index contributed by atoms with van der Waals surface area (Å²) >= 11 is 9.18. The molecule has 1 unspecified atom stereocenters. The Morgan fingerprint density at radius 1 is 1.05 bits per heavy atom. The highest BCUT2D eigenvalue weighted by Gasteiger charge is 2.38. The summed E-state index contributed by atoms with van der Waals surface area (Å²) in [6.07, 6.45) is 4.54. The summed E-state index contributed by atoms with van der Waals surface area (Å²) in [4.78, 5) is 65.3. The zero-order valence-electron chi connectivity index (χ0n) is 21.1. The average Bonchev–Trinajstić information content (AvgIpc) is 3.39. The van der Waals surface area contributed by atoms with Crippen molar-refractivity contribution in [2.45, 2.75) is 77.2 Å². The maximum atomic E-state index is 13.7. The topological polar surface area (TPSA) is 101 Å². The van der Waals surface area contributed by atoms with E-state index in [0.717, 1.165) is 36.0 Å². The van der Waals surface area contributed by atoms with Crippen LogP contribution in [0.3, 0.4) is 0 Å². The summed E-state index contributed by atoms with van der Waals surface area (Å²) in [5.74, 6) is -2.86. The molecule has 0 radical (unpaired) electrons. The minimum atomic E-state index is -1.26. The second-order valence-corrected chi connectivity index (χ2v) is 11.8. The van der Waals surface area contributed by atoms with Gasteiger partial charge in [0.1, 0.15) is 17.5 Å². The van der Waals surface area contributed by atoms with E-state index in [1.807, 2.05) is 13.0 Å². The monoisotopic (exact) mass is 588 g/mol. The normalized spacial score (nSPS) is 21.9. The predicted molar refractivity (Wildman–Crippen MR) is 146 cm³/mol. The number of nitrogens with zero attached hydrogens (tertiary/aromatic N) is 1. The van der Waals surface area contributed by atoms with Gasteiger partial charge in [0.15, 0.2) is 22.5 Å². The van der Waals surface area contributed by atoms with Gasteiger partial charge in [-0.25, -0.2) is 0 Å². The second-order valence-electron chi connectivity index (χ2n) is 10.5. The number of rotatable bonds is 7. The number of ketones is 5. The molecule has 1 aromatic carbocycles. The number of carbonyl (C=O) groups is 5. The van der Waals surface area contributed by atoms with Crippen LogP contribution in [0.1, 0.15) is 92.1 Å². The third-order valence-corrected chi connectivity index (χ3v) is 8.97. The maximum absolute atomic E-state index is 13.7. The smallest absolute Gasteiger partial charge is 0.181 e. The molecule has 0 aromatic heterocycles. The molecule has 0 bridgehead atoms. The summed E-state index contributed by atoms with van der Waals surface area (Å²) in [6, 6.07) is 3.64. The zero-order chi connectivity index (χ0) is 26.7. The molecular weight excluding hydrogens is 556 g/mol. The summed E-state index contributed by atoms with van der Waals surface area (Å²) in [6.45, 7) is 4.18. The molecule has 9 heteroatoms. The van der Waals surface area contributed by atoms with E-state index in [4.69, 9.17) is 12.2 Å². The number of Topliss-reactive ketones (excluding diaryl/α,β-unsaturated/α-hetero) is 5. The van der Waals surface area contributed by atoms with Crippen molar-refractivity contribution in [2.75, 3.05) is 13.1 Å². The van der Waals surface area contributed by atoms with Crippen molar-refractivity contribution in [3.63, 3.8) is 0 Å². The zero-order valence-corrected chi connectivity index (χ0v) is 23.5. The molecule has 1 aliphatic heterocycles. The Kier molecular flexibility index (Phi) is 9.06. The fraction of sp³-hybridized carbons (Fsp3) is 0.571. The van der Waals surface area contributed by atoms with Crippen LogP contribution in [0, 0.1) is 11.8 Å². The van der Waals surface area contributed by atoms with Crippen LogP contribution >= 0.6 is 28.1 Å². The van der Waals surface area contributed by atoms with Crippen LogP contribution in [0.4, 0.5) is 0 Å². The van der Waals surface area contributed by atoms with Gasteiger partial charge in [0.2, 0.25) is 0 Å². The van der Waals surface area contributed by atoms with E-state index in [1.165, 1.54) is 0 Å². The van der Waals surface area contributed by atoms with E-state index in [1.54, 1.807) is 6.07 Å². The van der Waals surface area contributed by atoms with Gasteiger partial charge in [-0.2, -0.15) is 0 Å². The lowest BCUT2D eigenvalue weighted by Gasteiger charge is -2.26. The van der Waals surface area contributed by atoms with Crippen molar-refractivity contribution >= 4 is 62.2 Å². The summed E-state index contributed by atoms with van der Waals surface area (Å²) < 4.78 is 0.786. The number of likely N-dealkylation sites (tertiary alicyclic amines) is 1. The molecule has 1 saturated heterocycles. The Morgan fingerprint density at radius 3 is 2.38 bits per heavy atom. The lowest BCUT2D eigenvalue weighted by atomic mass is 9.76. The summed E-state index contributed by atoms with van der Waals surface area (Å²) in [5.41, 5.74) is 1.86. The van der Waals surface area contributed by atoms with Crippen molar-refractivity contribution in [3.8, 4) is 0 Å². The molecule has 7 nitrogen and oxygen atoms in total. The van der Waals surface area contributed by atoms with Gasteiger partial charge >= 0.3 is 0 Å². The first-order valence-electron chi connectivity index (χ1n) is 13.1. The van der Waals surface area contributed by atoms with Crippen LogP contribution < -0.4 is 5.32 Å². The fourth-order valence-corrected chi connectivity index (χ4v) is 6.43. The van der Waals surface area contributed by atoms with E-state index < -0.39 is 11.7 Å². The highest BCUT2D eigenvalue weighted by Crippen LogP contribution is 2.36. The van der Waals surface area contributed by atoms with Gasteiger partial charge in [0, 0.05) is 54.9 Å². The molecule has 1 aromatic rings. The summed E-state index contributed by atoms with van der Waals surface area (Å²) in [5, 5.41) is 3.94. The number of hydrogen-bond donors (Lipinski definition) is 1. The molecule has 3 aliphatic rings. The number of benzene rings is 1. The highest BCUT2D eigenvalue weighted by molar-refractivity contribution is 9.10. The van der Waals surface area contributed by atoms with Gasteiger partial charge in [-0.15, -0.1) is 0 Å². The van der Waals surface area contributed by atoms with Crippen molar-refractivity contribution in [1.29, 1.82) is 0 Å². The lowest BCUT2D eigenvalue weighted by Crippen LogP contribution is -2.37. The Balaban J connectivity index is 1.63. The average molecular weight is 590 g/mol. The molecule has 2 saturated carbocycles. The van der Waals surface area contributed by atoms with Crippen molar-refractivity contribution < 1.29 is 24.0 Å². The molecule has 2 atom stereocenters. The Hall–Kier alpha value is -2.26. The molecule has 2 aliphatic carbocycles. The van der Waals surface area contributed by atoms with Gasteiger partial charge in [-0.1, -0.05) is 22.9 Å². The molecule has 198 valence electrons. The van der Waals surface area contributed by atoms with E-state index in [2.05, 4.69) is 26.1 Å². The number of carbonyl (C=O) groups excluding carboxylic acids is 5. The Bertz CT molecular complexity index is 1130. The standard InChI is InChI=1S/C28H33BrN2O5S/c1-16(11-17-7-8-19(32)13-25(17)35)20-14-22(29)18(15-30-28(37)31-9-2-3-10-31)12-21(20)27(36)26-23(33)5-4-6-24(26)34/h12,14,16-17,26H,2-11,13,15H2,1H3,(H,30,37)/t16-,17?/m1/s1. The molecule has 0 spiro atoms. The lowest BCUT2D eigenvalue weighted by molar-refractivity contribution is -0.134. The largest absolute Gasteiger partial charge is 0.358 e. The molecule has 1 heterocycles. The molecule has 37 heavy (non-hydrogen) atoms. The van der Waals surface area contributed by atoms with Crippen LogP contribution in [0.15, 0.2) is 16.6 Å².